The van der Waals surface area contributed by atoms with E-state index in [9.17, 15) is 13.2 Å². The summed E-state index contributed by atoms with van der Waals surface area (Å²) in [5.41, 5.74) is 1.36. The van der Waals surface area contributed by atoms with Gasteiger partial charge in [0.05, 0.1) is 4.90 Å². The van der Waals surface area contributed by atoms with Crippen LogP contribution < -0.4 is 10.1 Å². The Balaban J connectivity index is 1.93. The maximum atomic E-state index is 11.8. The summed E-state index contributed by atoms with van der Waals surface area (Å²) in [5, 5.41) is 3.26. The number of amides is 1. The molecule has 0 saturated heterocycles. The molecule has 1 amide bonds. The summed E-state index contributed by atoms with van der Waals surface area (Å²) >= 11 is 5.92. The third kappa shape index (κ3) is 4.97. The lowest BCUT2D eigenvalue weighted by Crippen LogP contribution is -2.20. The topological polar surface area (TPSA) is 72.5 Å². The van der Waals surface area contributed by atoms with E-state index in [1.54, 1.807) is 18.2 Å². The molecule has 0 spiro atoms. The minimum Gasteiger partial charge on any atom is -0.484 e. The van der Waals surface area contributed by atoms with E-state index in [0.717, 1.165) is 11.8 Å². The zero-order valence-corrected chi connectivity index (χ0v) is 14.2. The standard InChI is InChI=1S/C16H16ClNO4S/c1-11-9-13(5-8-15(11)17)22-10-16(19)18-12-3-6-14(7-4-12)23(2,20)21/h3-9H,10H2,1-2H3,(H,18,19). The summed E-state index contributed by atoms with van der Waals surface area (Å²) < 4.78 is 28.1. The van der Waals surface area contributed by atoms with Crippen molar-refractivity contribution in [1.29, 1.82) is 0 Å². The van der Waals surface area contributed by atoms with Crippen LogP contribution in [0.15, 0.2) is 47.4 Å². The van der Waals surface area contributed by atoms with Gasteiger partial charge in [-0.25, -0.2) is 8.42 Å². The third-order valence-corrected chi connectivity index (χ3v) is 4.62. The number of halogens is 1. The van der Waals surface area contributed by atoms with Crippen molar-refractivity contribution >= 4 is 33.0 Å². The van der Waals surface area contributed by atoms with Gasteiger partial charge < -0.3 is 10.1 Å². The molecule has 2 aromatic rings. The van der Waals surface area contributed by atoms with Crippen LogP contribution in [-0.2, 0) is 14.6 Å². The molecule has 2 rings (SSSR count). The minimum absolute atomic E-state index is 0.158. The van der Waals surface area contributed by atoms with Gasteiger partial charge in [0.15, 0.2) is 16.4 Å². The fourth-order valence-corrected chi connectivity index (χ4v) is 2.59. The number of rotatable bonds is 5. The van der Waals surface area contributed by atoms with E-state index in [2.05, 4.69) is 5.32 Å². The summed E-state index contributed by atoms with van der Waals surface area (Å²) in [6.07, 6.45) is 1.13. The number of ether oxygens (including phenoxy) is 1. The average molecular weight is 354 g/mol. The van der Waals surface area contributed by atoms with Gasteiger partial charge in [-0.2, -0.15) is 0 Å². The highest BCUT2D eigenvalue weighted by Crippen LogP contribution is 2.21. The molecule has 0 aliphatic carbocycles. The van der Waals surface area contributed by atoms with Crippen LogP contribution >= 0.6 is 11.6 Å². The van der Waals surface area contributed by atoms with Crippen molar-refractivity contribution in [3.05, 3.63) is 53.1 Å². The fraction of sp³-hybridized carbons (Fsp3) is 0.188. The van der Waals surface area contributed by atoms with Crippen LogP contribution in [0.5, 0.6) is 5.75 Å². The van der Waals surface area contributed by atoms with Crippen molar-refractivity contribution in [1.82, 2.24) is 0 Å². The molecular formula is C16H16ClNO4S. The quantitative estimate of drug-likeness (QED) is 0.896. The predicted molar refractivity (Wildman–Crippen MR) is 89.9 cm³/mol. The number of hydrogen-bond donors (Lipinski definition) is 1. The lowest BCUT2D eigenvalue weighted by atomic mass is 10.2. The number of anilines is 1. The van der Waals surface area contributed by atoms with Crippen molar-refractivity contribution in [3.63, 3.8) is 0 Å². The first-order valence-corrected chi connectivity index (χ1v) is 9.01. The molecule has 7 heteroatoms. The van der Waals surface area contributed by atoms with E-state index in [-0.39, 0.29) is 17.4 Å². The molecule has 2 aromatic carbocycles. The molecule has 0 aromatic heterocycles. The number of carbonyl (C=O) groups excluding carboxylic acids is 1. The van der Waals surface area contributed by atoms with E-state index < -0.39 is 9.84 Å². The van der Waals surface area contributed by atoms with Crippen molar-refractivity contribution in [2.45, 2.75) is 11.8 Å². The van der Waals surface area contributed by atoms with Crippen LogP contribution in [0.1, 0.15) is 5.56 Å². The molecular weight excluding hydrogens is 338 g/mol. The second-order valence-corrected chi connectivity index (χ2v) is 7.47. The molecule has 0 saturated carbocycles. The van der Waals surface area contributed by atoms with Gasteiger partial charge in [-0.15, -0.1) is 0 Å². The molecule has 1 N–H and O–H groups in total. The summed E-state index contributed by atoms with van der Waals surface area (Å²) in [4.78, 5) is 12.0. The van der Waals surface area contributed by atoms with Crippen molar-refractivity contribution in [3.8, 4) is 5.75 Å². The molecule has 0 atom stereocenters. The smallest absolute Gasteiger partial charge is 0.262 e. The molecule has 0 radical (unpaired) electrons. The van der Waals surface area contributed by atoms with Gasteiger partial charge in [0.25, 0.3) is 5.91 Å². The van der Waals surface area contributed by atoms with E-state index >= 15 is 0 Å². The molecule has 0 aliphatic heterocycles. The lowest BCUT2D eigenvalue weighted by molar-refractivity contribution is -0.118. The maximum absolute atomic E-state index is 11.8. The summed E-state index contributed by atoms with van der Waals surface area (Å²) in [6, 6.07) is 11.1. The van der Waals surface area contributed by atoms with Crippen LogP contribution in [-0.4, -0.2) is 27.2 Å². The molecule has 0 heterocycles. The highest BCUT2D eigenvalue weighted by Gasteiger charge is 2.08. The molecule has 5 nitrogen and oxygen atoms in total. The van der Waals surface area contributed by atoms with E-state index in [1.807, 2.05) is 6.92 Å². The summed E-state index contributed by atoms with van der Waals surface area (Å²) in [5.74, 6) is 0.208. The highest BCUT2D eigenvalue weighted by atomic mass is 35.5. The zero-order chi connectivity index (χ0) is 17.0. The molecule has 23 heavy (non-hydrogen) atoms. The van der Waals surface area contributed by atoms with Crippen LogP contribution in [0.2, 0.25) is 5.02 Å². The Morgan fingerprint density at radius 2 is 1.83 bits per heavy atom. The molecule has 122 valence electrons. The number of benzene rings is 2. The van der Waals surface area contributed by atoms with Gasteiger partial charge in [-0.3, -0.25) is 4.79 Å². The van der Waals surface area contributed by atoms with Gasteiger partial charge in [0.2, 0.25) is 0 Å². The van der Waals surface area contributed by atoms with Crippen LogP contribution in [0.3, 0.4) is 0 Å². The number of carbonyl (C=O) groups is 1. The Labute approximate surface area is 140 Å². The summed E-state index contributed by atoms with van der Waals surface area (Å²) in [7, 11) is -3.25. The van der Waals surface area contributed by atoms with Crippen LogP contribution in [0.25, 0.3) is 0 Å². The molecule has 0 aliphatic rings. The van der Waals surface area contributed by atoms with Crippen molar-refractivity contribution < 1.29 is 17.9 Å². The number of hydrogen-bond acceptors (Lipinski definition) is 4. The van der Waals surface area contributed by atoms with Crippen molar-refractivity contribution in [2.75, 3.05) is 18.2 Å². The molecule has 0 fully saturated rings. The van der Waals surface area contributed by atoms with Crippen molar-refractivity contribution in [2.24, 2.45) is 0 Å². The fourth-order valence-electron chi connectivity index (χ4n) is 1.84. The third-order valence-electron chi connectivity index (χ3n) is 3.07. The Morgan fingerprint density at radius 3 is 2.39 bits per heavy atom. The Hall–Kier alpha value is -2.05. The first-order valence-electron chi connectivity index (χ1n) is 6.74. The van der Waals surface area contributed by atoms with Gasteiger partial charge in [-0.05, 0) is 55.0 Å². The lowest BCUT2D eigenvalue weighted by Gasteiger charge is -2.09. The van der Waals surface area contributed by atoms with E-state index in [4.69, 9.17) is 16.3 Å². The van der Waals surface area contributed by atoms with E-state index in [1.165, 1.54) is 24.3 Å². The second kappa shape index (κ2) is 7.02. The van der Waals surface area contributed by atoms with Gasteiger partial charge in [0.1, 0.15) is 5.75 Å². The Morgan fingerprint density at radius 1 is 1.17 bits per heavy atom. The molecule has 0 bridgehead atoms. The Kier molecular flexibility index (Phi) is 5.28. The number of sulfone groups is 1. The van der Waals surface area contributed by atoms with Gasteiger partial charge >= 0.3 is 0 Å². The first kappa shape index (κ1) is 17.3. The zero-order valence-electron chi connectivity index (χ0n) is 12.7. The predicted octanol–water partition coefficient (Wildman–Crippen LogP) is 3.07. The van der Waals surface area contributed by atoms with Gasteiger partial charge in [0, 0.05) is 17.0 Å². The highest BCUT2D eigenvalue weighted by molar-refractivity contribution is 7.90. The largest absolute Gasteiger partial charge is 0.484 e. The second-order valence-electron chi connectivity index (χ2n) is 5.04. The SMILES string of the molecule is Cc1cc(OCC(=O)Nc2ccc(S(C)(=O)=O)cc2)ccc1Cl. The summed E-state index contributed by atoms with van der Waals surface area (Å²) in [6.45, 7) is 1.69. The normalized spacial score (nSPS) is 11.1. The van der Waals surface area contributed by atoms with E-state index in [0.29, 0.717) is 16.5 Å². The average Bonchev–Trinajstić information content (AvgIpc) is 2.48. The first-order chi connectivity index (χ1) is 10.8. The number of nitrogens with one attached hydrogen (secondary N) is 1. The Bertz CT molecular complexity index is 816. The maximum Gasteiger partial charge on any atom is 0.262 e. The van der Waals surface area contributed by atoms with Crippen LogP contribution in [0, 0.1) is 6.92 Å². The van der Waals surface area contributed by atoms with Gasteiger partial charge in [-0.1, -0.05) is 11.6 Å². The van der Waals surface area contributed by atoms with Crippen LogP contribution in [0.4, 0.5) is 5.69 Å². The molecule has 0 unspecified atom stereocenters. The monoisotopic (exact) mass is 353 g/mol. The number of aryl methyl sites for hydroxylation is 1. The minimum atomic E-state index is -3.25.